The van der Waals surface area contributed by atoms with Gasteiger partial charge in [0.25, 0.3) is 0 Å². The summed E-state index contributed by atoms with van der Waals surface area (Å²) >= 11 is 3.51. The van der Waals surface area contributed by atoms with Gasteiger partial charge in [-0.3, -0.25) is 14.5 Å². The van der Waals surface area contributed by atoms with Gasteiger partial charge < -0.3 is 0 Å². The van der Waals surface area contributed by atoms with Crippen molar-refractivity contribution in [1.29, 1.82) is 0 Å². The first-order valence-corrected chi connectivity index (χ1v) is 7.25. The molecule has 0 saturated carbocycles. The summed E-state index contributed by atoms with van der Waals surface area (Å²) < 4.78 is 39.8. The van der Waals surface area contributed by atoms with E-state index in [4.69, 9.17) is 0 Å². The SMILES string of the molecule is Cc1nn(C)c(CN2CCN(CC(F)(F)F)CC2)c1Br. The Morgan fingerprint density at radius 2 is 1.70 bits per heavy atom. The molecule has 0 bridgehead atoms. The van der Waals surface area contributed by atoms with E-state index in [9.17, 15) is 13.2 Å². The molecule has 20 heavy (non-hydrogen) atoms. The predicted molar refractivity (Wildman–Crippen MR) is 73.4 cm³/mol. The Morgan fingerprint density at radius 1 is 1.15 bits per heavy atom. The van der Waals surface area contributed by atoms with Crippen molar-refractivity contribution in [3.8, 4) is 0 Å². The average molecular weight is 355 g/mol. The van der Waals surface area contributed by atoms with Crippen LogP contribution < -0.4 is 0 Å². The Kier molecular flexibility index (Phi) is 4.76. The zero-order chi connectivity index (χ0) is 14.9. The quantitative estimate of drug-likeness (QED) is 0.831. The first-order valence-electron chi connectivity index (χ1n) is 6.45. The van der Waals surface area contributed by atoms with E-state index < -0.39 is 12.7 Å². The van der Waals surface area contributed by atoms with Crippen molar-refractivity contribution in [1.82, 2.24) is 19.6 Å². The van der Waals surface area contributed by atoms with Crippen LogP contribution in [-0.2, 0) is 13.6 Å². The van der Waals surface area contributed by atoms with E-state index in [2.05, 4.69) is 25.9 Å². The minimum Gasteiger partial charge on any atom is -0.295 e. The molecule has 1 aromatic heterocycles. The van der Waals surface area contributed by atoms with Crippen molar-refractivity contribution >= 4 is 15.9 Å². The number of rotatable bonds is 3. The van der Waals surface area contributed by atoms with E-state index in [-0.39, 0.29) is 0 Å². The molecular formula is C12H18BrF3N4. The van der Waals surface area contributed by atoms with Crippen molar-refractivity contribution in [3.63, 3.8) is 0 Å². The largest absolute Gasteiger partial charge is 0.401 e. The molecule has 1 aliphatic rings. The van der Waals surface area contributed by atoms with E-state index in [1.165, 1.54) is 4.90 Å². The standard InChI is InChI=1S/C12H18BrF3N4/c1-9-11(13)10(18(2)17-9)7-19-3-5-20(6-4-19)8-12(14,15)16/h3-8H2,1-2H3. The lowest BCUT2D eigenvalue weighted by Crippen LogP contribution is -2.48. The molecule has 4 nitrogen and oxygen atoms in total. The van der Waals surface area contributed by atoms with Crippen LogP contribution in [0.1, 0.15) is 11.4 Å². The second-order valence-corrected chi connectivity index (χ2v) is 5.93. The summed E-state index contributed by atoms with van der Waals surface area (Å²) in [6, 6.07) is 0. The molecule has 1 aromatic rings. The molecule has 0 aliphatic carbocycles. The molecule has 1 fully saturated rings. The van der Waals surface area contributed by atoms with Crippen LogP contribution in [0.4, 0.5) is 13.2 Å². The van der Waals surface area contributed by atoms with E-state index in [1.807, 2.05) is 18.7 Å². The van der Waals surface area contributed by atoms with E-state index in [0.29, 0.717) is 32.7 Å². The summed E-state index contributed by atoms with van der Waals surface area (Å²) in [5, 5.41) is 4.32. The van der Waals surface area contributed by atoms with Crippen LogP contribution in [0.2, 0.25) is 0 Å². The number of aromatic nitrogens is 2. The monoisotopic (exact) mass is 354 g/mol. The van der Waals surface area contributed by atoms with E-state index in [1.54, 1.807) is 0 Å². The van der Waals surface area contributed by atoms with Gasteiger partial charge in [0.15, 0.2) is 0 Å². The lowest BCUT2D eigenvalue weighted by Gasteiger charge is -2.34. The predicted octanol–water partition coefficient (Wildman–Crippen LogP) is 2.17. The smallest absolute Gasteiger partial charge is 0.295 e. The molecular weight excluding hydrogens is 337 g/mol. The molecule has 2 rings (SSSR count). The molecule has 0 spiro atoms. The van der Waals surface area contributed by atoms with Gasteiger partial charge in [0, 0.05) is 39.8 Å². The van der Waals surface area contributed by atoms with Crippen LogP contribution in [-0.4, -0.2) is 58.5 Å². The lowest BCUT2D eigenvalue weighted by molar-refractivity contribution is -0.149. The Bertz CT molecular complexity index is 464. The fourth-order valence-corrected chi connectivity index (χ4v) is 2.88. The Hall–Kier alpha value is -0.600. The molecule has 0 atom stereocenters. The lowest BCUT2D eigenvalue weighted by atomic mass is 10.2. The number of nitrogens with zero attached hydrogens (tertiary/aromatic N) is 4. The van der Waals surface area contributed by atoms with Crippen molar-refractivity contribution in [3.05, 3.63) is 15.9 Å². The second kappa shape index (κ2) is 6.03. The van der Waals surface area contributed by atoms with Crippen LogP contribution >= 0.6 is 15.9 Å². The number of hydrogen-bond donors (Lipinski definition) is 0. The summed E-state index contributed by atoms with van der Waals surface area (Å²) in [6.07, 6.45) is -4.11. The van der Waals surface area contributed by atoms with Gasteiger partial charge in [0.05, 0.1) is 22.4 Å². The molecule has 1 saturated heterocycles. The molecule has 1 aliphatic heterocycles. The summed E-state index contributed by atoms with van der Waals surface area (Å²) in [5.41, 5.74) is 1.99. The number of alkyl halides is 3. The Balaban J connectivity index is 1.88. The third kappa shape index (κ3) is 3.95. The molecule has 0 aromatic carbocycles. The van der Waals surface area contributed by atoms with Crippen LogP contribution in [0.3, 0.4) is 0 Å². The van der Waals surface area contributed by atoms with Crippen molar-refractivity contribution in [2.45, 2.75) is 19.6 Å². The van der Waals surface area contributed by atoms with Gasteiger partial charge in [0.1, 0.15) is 0 Å². The van der Waals surface area contributed by atoms with Crippen LogP contribution in [0.5, 0.6) is 0 Å². The summed E-state index contributed by atoms with van der Waals surface area (Å²) in [6.45, 7) is 4.02. The second-order valence-electron chi connectivity index (χ2n) is 5.14. The van der Waals surface area contributed by atoms with Gasteiger partial charge in [-0.15, -0.1) is 0 Å². The van der Waals surface area contributed by atoms with Gasteiger partial charge in [-0.05, 0) is 22.9 Å². The maximum atomic E-state index is 12.3. The maximum Gasteiger partial charge on any atom is 0.401 e. The van der Waals surface area contributed by atoms with Gasteiger partial charge in [-0.1, -0.05) is 0 Å². The molecule has 8 heteroatoms. The van der Waals surface area contributed by atoms with Crippen molar-refractivity contribution in [2.75, 3.05) is 32.7 Å². The minimum absolute atomic E-state index is 0.452. The molecule has 0 N–H and O–H groups in total. The first kappa shape index (κ1) is 15.8. The highest BCUT2D eigenvalue weighted by molar-refractivity contribution is 9.10. The van der Waals surface area contributed by atoms with Gasteiger partial charge in [-0.25, -0.2) is 0 Å². The zero-order valence-corrected chi connectivity index (χ0v) is 13.1. The fraction of sp³-hybridized carbons (Fsp3) is 0.750. The summed E-state index contributed by atoms with van der Waals surface area (Å²) in [7, 11) is 1.88. The van der Waals surface area contributed by atoms with Gasteiger partial charge in [-0.2, -0.15) is 18.3 Å². The summed E-state index contributed by atoms with van der Waals surface area (Å²) in [5.74, 6) is 0. The normalized spacial score (nSPS) is 18.7. The Morgan fingerprint density at radius 3 is 2.15 bits per heavy atom. The third-order valence-corrected chi connectivity index (χ3v) is 4.53. The highest BCUT2D eigenvalue weighted by atomic mass is 79.9. The average Bonchev–Trinajstić information content (AvgIpc) is 2.56. The van der Waals surface area contributed by atoms with Crippen molar-refractivity contribution in [2.24, 2.45) is 7.05 Å². The first-order chi connectivity index (χ1) is 9.26. The topological polar surface area (TPSA) is 24.3 Å². The van der Waals surface area contributed by atoms with Crippen LogP contribution in [0.15, 0.2) is 4.47 Å². The minimum atomic E-state index is -4.11. The number of aryl methyl sites for hydroxylation is 2. The highest BCUT2D eigenvalue weighted by Gasteiger charge is 2.32. The highest BCUT2D eigenvalue weighted by Crippen LogP contribution is 2.23. The van der Waals surface area contributed by atoms with Crippen LogP contribution in [0, 0.1) is 6.92 Å². The molecule has 114 valence electrons. The van der Waals surface area contributed by atoms with Crippen molar-refractivity contribution < 1.29 is 13.2 Å². The Labute approximate surface area is 124 Å². The van der Waals surface area contributed by atoms with Crippen LogP contribution in [0.25, 0.3) is 0 Å². The van der Waals surface area contributed by atoms with Gasteiger partial charge in [0.2, 0.25) is 0 Å². The van der Waals surface area contributed by atoms with Gasteiger partial charge >= 0.3 is 6.18 Å². The number of hydrogen-bond acceptors (Lipinski definition) is 3. The zero-order valence-electron chi connectivity index (χ0n) is 11.5. The molecule has 2 heterocycles. The number of halogens is 4. The van der Waals surface area contributed by atoms with E-state index >= 15 is 0 Å². The fourth-order valence-electron chi connectivity index (χ4n) is 2.42. The molecule has 0 radical (unpaired) electrons. The molecule has 0 unspecified atom stereocenters. The molecule has 0 amide bonds. The maximum absolute atomic E-state index is 12.3. The number of piperazine rings is 1. The third-order valence-electron chi connectivity index (χ3n) is 3.50. The summed E-state index contributed by atoms with van der Waals surface area (Å²) in [4.78, 5) is 3.62. The van der Waals surface area contributed by atoms with E-state index in [0.717, 1.165) is 15.9 Å².